The normalized spacial score (nSPS) is 11.6. The van der Waals surface area contributed by atoms with E-state index in [1.54, 1.807) is 29.7 Å². The Balaban J connectivity index is 1.52. The summed E-state index contributed by atoms with van der Waals surface area (Å²) in [6, 6.07) is 14.6. The maximum atomic E-state index is 12.8. The van der Waals surface area contributed by atoms with Crippen molar-refractivity contribution < 1.29 is 18.0 Å². The highest BCUT2D eigenvalue weighted by Crippen LogP contribution is 2.33. The molecule has 0 unspecified atom stereocenters. The molecule has 0 bridgehead atoms. The highest BCUT2D eigenvalue weighted by atomic mass is 32.1. The second-order valence-electron chi connectivity index (χ2n) is 6.49. The number of pyridine rings is 1. The molecule has 0 radical (unpaired) electrons. The van der Waals surface area contributed by atoms with Gasteiger partial charge in [0.1, 0.15) is 0 Å². The van der Waals surface area contributed by atoms with Crippen molar-refractivity contribution in [2.45, 2.75) is 12.7 Å². The number of hydrogen-bond donors (Lipinski definition) is 1. The van der Waals surface area contributed by atoms with Crippen LogP contribution in [0, 0.1) is 0 Å². The first kappa shape index (κ1) is 19.1. The lowest BCUT2D eigenvalue weighted by Gasteiger charge is -2.10. The van der Waals surface area contributed by atoms with Gasteiger partial charge in [0.25, 0.3) is 5.91 Å². The molecule has 1 amide bonds. The number of carbonyl (C=O) groups excluding carboxylic acids is 1. The summed E-state index contributed by atoms with van der Waals surface area (Å²) in [6.07, 6.45) is -1.28. The van der Waals surface area contributed by atoms with Crippen molar-refractivity contribution in [3.8, 4) is 11.1 Å². The fourth-order valence-corrected chi connectivity index (χ4v) is 4.02. The van der Waals surface area contributed by atoms with E-state index in [1.807, 2.05) is 29.6 Å². The number of carbonyl (C=O) groups is 1. The molecule has 146 valence electrons. The van der Waals surface area contributed by atoms with Crippen molar-refractivity contribution in [1.29, 1.82) is 0 Å². The summed E-state index contributed by atoms with van der Waals surface area (Å²) in [6.45, 7) is -0.00559. The summed E-state index contributed by atoms with van der Waals surface area (Å²) in [5, 5.41) is 5.76. The Morgan fingerprint density at radius 2 is 1.86 bits per heavy atom. The summed E-state index contributed by atoms with van der Waals surface area (Å²) in [5.41, 5.74) is 1.79. The summed E-state index contributed by atoms with van der Waals surface area (Å²) in [7, 11) is 0. The van der Waals surface area contributed by atoms with Crippen molar-refractivity contribution in [2.75, 3.05) is 0 Å². The van der Waals surface area contributed by atoms with Gasteiger partial charge in [-0.05, 0) is 35.2 Å². The van der Waals surface area contributed by atoms with Crippen molar-refractivity contribution in [1.82, 2.24) is 10.3 Å². The zero-order valence-corrected chi connectivity index (χ0v) is 15.8. The van der Waals surface area contributed by atoms with E-state index in [4.69, 9.17) is 0 Å². The van der Waals surface area contributed by atoms with Crippen LogP contribution in [0.3, 0.4) is 0 Å². The SMILES string of the molecule is O=C(NCc1cccc(C(F)(F)F)c1)c1cncc(-c2csc3ccccc23)c1. The number of nitrogens with one attached hydrogen (secondary N) is 1. The number of rotatable bonds is 4. The van der Waals surface area contributed by atoms with Crippen LogP contribution >= 0.6 is 11.3 Å². The topological polar surface area (TPSA) is 42.0 Å². The van der Waals surface area contributed by atoms with Crippen LogP contribution in [-0.4, -0.2) is 10.9 Å². The van der Waals surface area contributed by atoms with Gasteiger partial charge in [-0.3, -0.25) is 9.78 Å². The molecular formula is C22H15F3N2OS. The van der Waals surface area contributed by atoms with Crippen molar-refractivity contribution in [3.05, 3.63) is 89.1 Å². The molecule has 4 rings (SSSR count). The highest BCUT2D eigenvalue weighted by molar-refractivity contribution is 7.17. The Morgan fingerprint density at radius 3 is 2.69 bits per heavy atom. The molecule has 7 heteroatoms. The number of fused-ring (bicyclic) bond motifs is 1. The summed E-state index contributed by atoms with van der Waals surface area (Å²) >= 11 is 1.61. The monoisotopic (exact) mass is 412 g/mol. The second kappa shape index (κ2) is 7.67. The van der Waals surface area contributed by atoms with Crippen molar-refractivity contribution in [2.24, 2.45) is 0 Å². The van der Waals surface area contributed by atoms with Crippen LogP contribution in [0.25, 0.3) is 21.2 Å². The lowest BCUT2D eigenvalue weighted by Crippen LogP contribution is -2.23. The van der Waals surface area contributed by atoms with E-state index in [0.29, 0.717) is 11.1 Å². The van der Waals surface area contributed by atoms with Crippen molar-refractivity contribution >= 4 is 27.3 Å². The summed E-state index contributed by atoms with van der Waals surface area (Å²) in [4.78, 5) is 16.7. The summed E-state index contributed by atoms with van der Waals surface area (Å²) in [5.74, 6) is -0.392. The number of alkyl halides is 3. The van der Waals surface area contributed by atoms with E-state index in [9.17, 15) is 18.0 Å². The van der Waals surface area contributed by atoms with Gasteiger partial charge in [0.05, 0.1) is 11.1 Å². The molecule has 0 aliphatic heterocycles. The minimum atomic E-state index is -4.42. The summed E-state index contributed by atoms with van der Waals surface area (Å²) < 4.78 is 39.6. The third kappa shape index (κ3) is 4.14. The second-order valence-corrected chi connectivity index (χ2v) is 7.40. The van der Waals surface area contributed by atoms with Crippen LogP contribution < -0.4 is 5.32 Å². The fraction of sp³-hybridized carbons (Fsp3) is 0.0909. The van der Waals surface area contributed by atoms with E-state index in [-0.39, 0.29) is 6.54 Å². The molecule has 0 fully saturated rings. The molecule has 2 aromatic heterocycles. The molecule has 4 aromatic rings. The Morgan fingerprint density at radius 1 is 1.03 bits per heavy atom. The third-order valence-electron chi connectivity index (χ3n) is 4.50. The molecular weight excluding hydrogens is 397 g/mol. The van der Waals surface area contributed by atoms with E-state index < -0.39 is 17.6 Å². The Hall–Kier alpha value is -3.19. The standard InChI is InChI=1S/C22H15F3N2OS/c23-22(24,25)17-5-3-4-14(8-17)10-27-21(28)16-9-15(11-26-12-16)19-13-29-20-7-2-1-6-18(19)20/h1-9,11-13H,10H2,(H,27,28). The number of benzene rings is 2. The first-order chi connectivity index (χ1) is 13.9. The van der Waals surface area contributed by atoms with Gasteiger partial charge < -0.3 is 5.32 Å². The number of aromatic nitrogens is 1. The molecule has 2 heterocycles. The average Bonchev–Trinajstić information content (AvgIpc) is 3.16. The molecule has 0 saturated heterocycles. The zero-order chi connectivity index (χ0) is 20.4. The lowest BCUT2D eigenvalue weighted by molar-refractivity contribution is -0.137. The van der Waals surface area contributed by atoms with Gasteiger partial charge in [0, 0.05) is 40.2 Å². The average molecular weight is 412 g/mol. The molecule has 2 aromatic carbocycles. The van der Waals surface area contributed by atoms with Crippen LogP contribution in [0.4, 0.5) is 13.2 Å². The molecule has 0 saturated carbocycles. The minimum Gasteiger partial charge on any atom is -0.348 e. The predicted octanol–water partition coefficient (Wildman–Crippen LogP) is 5.91. The van der Waals surface area contributed by atoms with E-state index in [1.165, 1.54) is 12.3 Å². The lowest BCUT2D eigenvalue weighted by atomic mass is 10.0. The van der Waals surface area contributed by atoms with Crippen LogP contribution in [-0.2, 0) is 12.7 Å². The van der Waals surface area contributed by atoms with Crippen LogP contribution in [0.15, 0.2) is 72.4 Å². The van der Waals surface area contributed by atoms with Crippen molar-refractivity contribution in [3.63, 3.8) is 0 Å². The number of nitrogens with zero attached hydrogens (tertiary/aromatic N) is 1. The first-order valence-electron chi connectivity index (χ1n) is 8.78. The number of amides is 1. The van der Waals surface area contributed by atoms with Gasteiger partial charge in [0.15, 0.2) is 0 Å². The molecule has 0 aliphatic carbocycles. The highest BCUT2D eigenvalue weighted by Gasteiger charge is 2.30. The molecule has 3 nitrogen and oxygen atoms in total. The molecule has 0 spiro atoms. The van der Waals surface area contributed by atoms with Crippen LogP contribution in [0.1, 0.15) is 21.5 Å². The van der Waals surface area contributed by atoms with Gasteiger partial charge in [-0.25, -0.2) is 0 Å². The molecule has 1 N–H and O–H groups in total. The Labute approximate surface area is 168 Å². The first-order valence-corrected chi connectivity index (χ1v) is 9.66. The molecule has 0 atom stereocenters. The fourth-order valence-electron chi connectivity index (χ4n) is 3.05. The molecule has 0 aliphatic rings. The van der Waals surface area contributed by atoms with Crippen LogP contribution in [0.5, 0.6) is 0 Å². The number of thiophene rings is 1. The Kier molecular flexibility index (Phi) is 5.07. The van der Waals surface area contributed by atoms with Gasteiger partial charge in [-0.1, -0.05) is 30.3 Å². The van der Waals surface area contributed by atoms with E-state index in [2.05, 4.69) is 10.3 Å². The van der Waals surface area contributed by atoms with E-state index in [0.717, 1.165) is 33.3 Å². The zero-order valence-electron chi connectivity index (χ0n) is 15.0. The van der Waals surface area contributed by atoms with Gasteiger partial charge in [-0.15, -0.1) is 11.3 Å². The quantitative estimate of drug-likeness (QED) is 0.453. The van der Waals surface area contributed by atoms with Crippen LogP contribution in [0.2, 0.25) is 0 Å². The molecule has 29 heavy (non-hydrogen) atoms. The predicted molar refractivity (Wildman–Crippen MR) is 108 cm³/mol. The minimum absolute atomic E-state index is 0.00559. The largest absolute Gasteiger partial charge is 0.416 e. The maximum Gasteiger partial charge on any atom is 0.416 e. The third-order valence-corrected chi connectivity index (χ3v) is 5.46. The van der Waals surface area contributed by atoms with E-state index >= 15 is 0 Å². The van der Waals surface area contributed by atoms with Gasteiger partial charge >= 0.3 is 6.18 Å². The number of halogens is 3. The number of hydrogen-bond acceptors (Lipinski definition) is 3. The maximum absolute atomic E-state index is 12.8. The Bertz CT molecular complexity index is 1180. The van der Waals surface area contributed by atoms with Gasteiger partial charge in [0.2, 0.25) is 0 Å². The van der Waals surface area contributed by atoms with Gasteiger partial charge in [-0.2, -0.15) is 13.2 Å². The smallest absolute Gasteiger partial charge is 0.348 e.